The number of benzene rings is 1. The van der Waals surface area contributed by atoms with E-state index in [4.69, 9.17) is 0 Å². The van der Waals surface area contributed by atoms with Gasteiger partial charge < -0.3 is 5.32 Å². The van der Waals surface area contributed by atoms with E-state index in [1.165, 1.54) is 10.9 Å². The third kappa shape index (κ3) is 4.13. The van der Waals surface area contributed by atoms with E-state index in [0.717, 1.165) is 28.1 Å². The van der Waals surface area contributed by atoms with Crippen molar-refractivity contribution < 1.29 is 18.0 Å². The summed E-state index contributed by atoms with van der Waals surface area (Å²) in [5, 5.41) is 12.6. The molecule has 0 saturated heterocycles. The lowest BCUT2D eigenvalue weighted by Gasteiger charge is -2.23. The SMILES string of the molecule is Cn1ncc(-c2nc(C(F)(F)F)cs2)c1C(=O)NC1CCn2nc(-c3ccccc3)nc2C1. The highest BCUT2D eigenvalue weighted by Crippen LogP contribution is 2.34. The van der Waals surface area contributed by atoms with Crippen molar-refractivity contribution in [2.24, 2.45) is 7.05 Å². The summed E-state index contributed by atoms with van der Waals surface area (Å²) in [6.45, 7) is 0.597. The number of hydrogen-bond acceptors (Lipinski definition) is 6. The van der Waals surface area contributed by atoms with Crippen molar-refractivity contribution in [2.75, 3.05) is 0 Å². The Balaban J connectivity index is 1.34. The number of hydrogen-bond donors (Lipinski definition) is 1. The van der Waals surface area contributed by atoms with Crippen molar-refractivity contribution >= 4 is 17.2 Å². The van der Waals surface area contributed by atoms with E-state index in [2.05, 4.69) is 25.5 Å². The lowest BCUT2D eigenvalue weighted by Crippen LogP contribution is -2.41. The fourth-order valence-corrected chi connectivity index (χ4v) is 4.62. The van der Waals surface area contributed by atoms with Gasteiger partial charge in [0.25, 0.3) is 5.91 Å². The van der Waals surface area contributed by atoms with Crippen molar-refractivity contribution in [3.05, 3.63) is 59.1 Å². The second-order valence-electron chi connectivity index (χ2n) is 7.67. The van der Waals surface area contributed by atoms with E-state index in [1.54, 1.807) is 7.05 Å². The molecule has 1 unspecified atom stereocenters. The first-order valence-corrected chi connectivity index (χ1v) is 11.0. The maximum atomic E-state index is 13.1. The molecule has 33 heavy (non-hydrogen) atoms. The lowest BCUT2D eigenvalue weighted by atomic mass is 10.1. The molecule has 0 radical (unpaired) electrons. The summed E-state index contributed by atoms with van der Waals surface area (Å²) < 4.78 is 42.0. The van der Waals surface area contributed by atoms with E-state index < -0.39 is 17.8 Å². The summed E-state index contributed by atoms with van der Waals surface area (Å²) in [5.41, 5.74) is 0.357. The number of alkyl halides is 3. The first kappa shape index (κ1) is 21.3. The van der Waals surface area contributed by atoms with Gasteiger partial charge in [0, 0.05) is 37.0 Å². The molecular formula is C21H18F3N7OS. The highest BCUT2D eigenvalue weighted by Gasteiger charge is 2.35. The summed E-state index contributed by atoms with van der Waals surface area (Å²) >= 11 is 0.826. The Morgan fingerprint density at radius 1 is 1.21 bits per heavy atom. The Kier molecular flexibility index (Phi) is 5.23. The van der Waals surface area contributed by atoms with E-state index in [-0.39, 0.29) is 22.3 Å². The molecule has 0 fully saturated rings. The molecule has 4 heterocycles. The fraction of sp³-hybridized carbons (Fsp3) is 0.286. The molecule has 8 nitrogen and oxygen atoms in total. The van der Waals surface area contributed by atoms with Gasteiger partial charge in [0.2, 0.25) is 0 Å². The Morgan fingerprint density at radius 2 is 2.00 bits per heavy atom. The molecule has 3 aromatic heterocycles. The quantitative estimate of drug-likeness (QED) is 0.490. The minimum atomic E-state index is -4.55. The Labute approximate surface area is 190 Å². The Morgan fingerprint density at radius 3 is 2.73 bits per heavy atom. The molecular weight excluding hydrogens is 455 g/mol. The summed E-state index contributed by atoms with van der Waals surface area (Å²) in [4.78, 5) is 21.3. The number of thiazole rings is 1. The van der Waals surface area contributed by atoms with E-state index in [1.807, 2.05) is 35.0 Å². The summed E-state index contributed by atoms with van der Waals surface area (Å²) in [7, 11) is 1.57. The van der Waals surface area contributed by atoms with Gasteiger partial charge in [-0.25, -0.2) is 14.6 Å². The number of rotatable bonds is 4. The molecule has 1 N–H and O–H groups in total. The van der Waals surface area contributed by atoms with Gasteiger partial charge in [0.15, 0.2) is 11.5 Å². The third-order valence-electron chi connectivity index (χ3n) is 5.41. The molecule has 170 valence electrons. The zero-order chi connectivity index (χ0) is 23.2. The van der Waals surface area contributed by atoms with Crippen LogP contribution in [0.3, 0.4) is 0 Å². The number of aromatic nitrogens is 6. The number of carbonyl (C=O) groups excluding carboxylic acids is 1. The van der Waals surface area contributed by atoms with Crippen molar-refractivity contribution in [3.8, 4) is 22.0 Å². The standard InChI is InChI=1S/C21H18F3N7OS/c1-30-17(14(10-25-30)20-27-15(11-33-20)21(22,23)24)19(32)26-13-7-8-31-16(9-13)28-18(29-31)12-5-3-2-4-6-12/h2-6,10-11,13H,7-9H2,1H3,(H,26,32). The molecule has 5 rings (SSSR count). The number of amides is 1. The molecule has 0 saturated carbocycles. The summed E-state index contributed by atoms with van der Waals surface area (Å²) in [6, 6.07) is 9.45. The number of nitrogens with one attached hydrogen (secondary N) is 1. The molecule has 4 aromatic rings. The van der Waals surface area contributed by atoms with E-state index in [0.29, 0.717) is 25.2 Å². The van der Waals surface area contributed by atoms with Crippen LogP contribution in [0.5, 0.6) is 0 Å². The average molecular weight is 473 g/mol. The monoisotopic (exact) mass is 473 g/mol. The van der Waals surface area contributed by atoms with Gasteiger partial charge in [-0.3, -0.25) is 9.48 Å². The highest BCUT2D eigenvalue weighted by atomic mass is 32.1. The third-order valence-corrected chi connectivity index (χ3v) is 6.29. The molecule has 1 atom stereocenters. The van der Waals surface area contributed by atoms with Crippen molar-refractivity contribution in [1.82, 2.24) is 34.8 Å². The largest absolute Gasteiger partial charge is 0.434 e. The minimum absolute atomic E-state index is 0.0939. The van der Waals surface area contributed by atoms with Crippen LogP contribution in [0.25, 0.3) is 22.0 Å². The van der Waals surface area contributed by atoms with Crippen molar-refractivity contribution in [2.45, 2.75) is 31.6 Å². The maximum Gasteiger partial charge on any atom is 0.434 e. The molecule has 0 aliphatic carbocycles. The van der Waals surface area contributed by atoms with E-state index in [9.17, 15) is 18.0 Å². The van der Waals surface area contributed by atoms with Gasteiger partial charge in [-0.15, -0.1) is 11.3 Å². The van der Waals surface area contributed by atoms with Crippen LogP contribution in [0.15, 0.2) is 41.9 Å². The second kappa shape index (κ2) is 8.10. The van der Waals surface area contributed by atoms with Crippen LogP contribution in [0.2, 0.25) is 0 Å². The topological polar surface area (TPSA) is 90.5 Å². The van der Waals surface area contributed by atoms with Gasteiger partial charge in [-0.1, -0.05) is 30.3 Å². The van der Waals surface area contributed by atoms with Crippen LogP contribution in [0.4, 0.5) is 13.2 Å². The van der Waals surface area contributed by atoms with Gasteiger partial charge in [0.1, 0.15) is 16.5 Å². The number of carbonyl (C=O) groups is 1. The van der Waals surface area contributed by atoms with Gasteiger partial charge in [-0.05, 0) is 6.42 Å². The zero-order valence-electron chi connectivity index (χ0n) is 17.4. The fourth-order valence-electron chi connectivity index (χ4n) is 3.78. The summed E-state index contributed by atoms with van der Waals surface area (Å²) in [5.74, 6) is 0.983. The lowest BCUT2D eigenvalue weighted by molar-refractivity contribution is -0.140. The van der Waals surface area contributed by atoms with Crippen LogP contribution in [0, 0.1) is 0 Å². The molecule has 1 aliphatic heterocycles. The zero-order valence-corrected chi connectivity index (χ0v) is 18.2. The number of halogens is 3. The molecule has 1 aliphatic rings. The molecule has 0 bridgehead atoms. The first-order valence-electron chi connectivity index (χ1n) is 10.1. The maximum absolute atomic E-state index is 13.1. The normalized spacial score (nSPS) is 15.9. The van der Waals surface area contributed by atoms with Crippen LogP contribution >= 0.6 is 11.3 Å². The minimum Gasteiger partial charge on any atom is -0.347 e. The summed E-state index contributed by atoms with van der Waals surface area (Å²) in [6.07, 6.45) is -2.04. The molecule has 1 amide bonds. The van der Waals surface area contributed by atoms with E-state index >= 15 is 0 Å². The number of aryl methyl sites for hydroxylation is 2. The highest BCUT2D eigenvalue weighted by molar-refractivity contribution is 7.13. The molecule has 12 heteroatoms. The smallest absolute Gasteiger partial charge is 0.347 e. The Hall–Kier alpha value is -3.54. The van der Waals surface area contributed by atoms with Gasteiger partial charge >= 0.3 is 6.18 Å². The number of nitrogens with zero attached hydrogens (tertiary/aromatic N) is 6. The van der Waals surface area contributed by atoms with Crippen LogP contribution in [-0.2, 0) is 26.2 Å². The average Bonchev–Trinajstić information content (AvgIpc) is 3.51. The van der Waals surface area contributed by atoms with Gasteiger partial charge in [0.05, 0.1) is 11.8 Å². The predicted octanol–water partition coefficient (Wildman–Crippen LogP) is 3.57. The van der Waals surface area contributed by atoms with Crippen molar-refractivity contribution in [3.63, 3.8) is 0 Å². The predicted molar refractivity (Wildman–Crippen MR) is 114 cm³/mol. The molecule has 1 aromatic carbocycles. The van der Waals surface area contributed by atoms with Crippen LogP contribution in [-0.4, -0.2) is 41.5 Å². The van der Waals surface area contributed by atoms with Crippen LogP contribution < -0.4 is 5.32 Å². The van der Waals surface area contributed by atoms with Crippen molar-refractivity contribution in [1.29, 1.82) is 0 Å². The first-order chi connectivity index (χ1) is 15.8. The second-order valence-corrected chi connectivity index (χ2v) is 8.53. The molecule has 0 spiro atoms. The van der Waals surface area contributed by atoms with Gasteiger partial charge in [-0.2, -0.15) is 23.4 Å². The number of fused-ring (bicyclic) bond motifs is 1. The van der Waals surface area contributed by atoms with Crippen LogP contribution in [0.1, 0.15) is 28.4 Å². The Bertz CT molecular complexity index is 1310.